The van der Waals surface area contributed by atoms with Crippen LogP contribution in [0.3, 0.4) is 0 Å². The lowest BCUT2D eigenvalue weighted by Gasteiger charge is -2.09. The van der Waals surface area contributed by atoms with Crippen LogP contribution in [-0.4, -0.2) is 18.3 Å². The van der Waals surface area contributed by atoms with Gasteiger partial charge in [-0.05, 0) is 31.4 Å². The van der Waals surface area contributed by atoms with Crippen LogP contribution in [0.5, 0.6) is 0 Å². The maximum Gasteiger partial charge on any atom is 0.145 e. The Morgan fingerprint density at radius 3 is 2.94 bits per heavy atom. The second-order valence-electron chi connectivity index (χ2n) is 4.50. The number of benzene rings is 1. The summed E-state index contributed by atoms with van der Waals surface area (Å²) >= 11 is 0. The largest absolute Gasteiger partial charge is 0.396 e. The minimum Gasteiger partial charge on any atom is -0.396 e. The lowest BCUT2D eigenvalue weighted by Crippen LogP contribution is -2.17. The van der Waals surface area contributed by atoms with E-state index >= 15 is 0 Å². The summed E-state index contributed by atoms with van der Waals surface area (Å²) in [4.78, 5) is 0. The molecule has 0 bridgehead atoms. The summed E-state index contributed by atoms with van der Waals surface area (Å²) in [6.45, 7) is 3.41. The fraction of sp³-hybridized carbons (Fsp3) is 0.500. The highest BCUT2D eigenvalue weighted by molar-refractivity contribution is 5.34. The number of aliphatic hydroxyl groups excluding tert-OH is 1. The molecule has 0 aliphatic carbocycles. The first kappa shape index (κ1) is 14.6. The highest BCUT2D eigenvalue weighted by Crippen LogP contribution is 2.11. The molecule has 0 aliphatic rings. The molecule has 98 valence electrons. The molecule has 0 saturated heterocycles. The zero-order chi connectivity index (χ0) is 13.4. The number of rotatable bonds is 7. The van der Waals surface area contributed by atoms with E-state index in [1.807, 2.05) is 13.0 Å². The molecule has 0 fully saturated rings. The first-order valence-electron chi connectivity index (χ1n) is 6.18. The summed E-state index contributed by atoms with van der Waals surface area (Å²) in [6.07, 6.45) is 1.89. The number of aliphatic hydroxyl groups is 1. The molecule has 0 radical (unpaired) electrons. The molecule has 1 rings (SSSR count). The van der Waals surface area contributed by atoms with E-state index in [0.717, 1.165) is 19.4 Å². The molecule has 0 spiro atoms. The normalized spacial score (nSPS) is 12.1. The van der Waals surface area contributed by atoms with E-state index in [-0.39, 0.29) is 12.2 Å². The highest BCUT2D eigenvalue weighted by Gasteiger charge is 2.06. The van der Waals surface area contributed by atoms with Crippen LogP contribution in [-0.2, 0) is 6.54 Å². The Hall–Kier alpha value is -1.44. The number of nitrogens with zero attached hydrogens (tertiary/aromatic N) is 1. The first-order chi connectivity index (χ1) is 8.69. The smallest absolute Gasteiger partial charge is 0.145 e. The first-order valence-corrected chi connectivity index (χ1v) is 6.18. The Morgan fingerprint density at radius 1 is 1.50 bits per heavy atom. The lowest BCUT2D eigenvalue weighted by atomic mass is 10.1. The summed E-state index contributed by atoms with van der Waals surface area (Å²) in [7, 11) is 0. The molecule has 3 nitrogen and oxygen atoms in total. The van der Waals surface area contributed by atoms with Gasteiger partial charge in [-0.25, -0.2) is 4.39 Å². The molecular weight excluding hydrogens is 231 g/mol. The van der Waals surface area contributed by atoms with E-state index in [1.165, 1.54) is 6.07 Å². The number of nitriles is 1. The van der Waals surface area contributed by atoms with Gasteiger partial charge in [0.1, 0.15) is 11.9 Å². The summed E-state index contributed by atoms with van der Waals surface area (Å²) in [6, 6.07) is 6.67. The summed E-state index contributed by atoms with van der Waals surface area (Å²) in [5, 5.41) is 20.7. The monoisotopic (exact) mass is 250 g/mol. The molecule has 18 heavy (non-hydrogen) atoms. The molecule has 0 amide bonds. The van der Waals surface area contributed by atoms with Gasteiger partial charge in [-0.15, -0.1) is 0 Å². The quantitative estimate of drug-likeness (QED) is 0.729. The van der Waals surface area contributed by atoms with E-state index < -0.39 is 5.82 Å². The van der Waals surface area contributed by atoms with Crippen LogP contribution in [0.4, 0.5) is 4.39 Å². The molecule has 1 unspecified atom stereocenters. The third kappa shape index (κ3) is 4.44. The van der Waals surface area contributed by atoms with Gasteiger partial charge in [-0.1, -0.05) is 19.1 Å². The minimum absolute atomic E-state index is 0.0863. The Labute approximate surface area is 107 Å². The van der Waals surface area contributed by atoms with Crippen molar-refractivity contribution in [1.29, 1.82) is 5.26 Å². The summed E-state index contributed by atoms with van der Waals surface area (Å²) in [5.41, 5.74) is 0.604. The number of hydrogen-bond acceptors (Lipinski definition) is 3. The molecule has 0 aromatic heterocycles. The summed E-state index contributed by atoms with van der Waals surface area (Å²) in [5.74, 6) is -0.123. The molecule has 0 heterocycles. The summed E-state index contributed by atoms with van der Waals surface area (Å²) < 4.78 is 13.7. The van der Waals surface area contributed by atoms with E-state index in [0.29, 0.717) is 18.0 Å². The molecule has 0 aliphatic heterocycles. The molecular formula is C14H19FN2O. The van der Waals surface area contributed by atoms with Crippen LogP contribution in [0, 0.1) is 23.1 Å². The molecule has 1 atom stereocenters. The van der Waals surface area contributed by atoms with Crippen molar-refractivity contribution < 1.29 is 9.50 Å². The molecule has 2 N–H and O–H groups in total. The Morgan fingerprint density at radius 2 is 2.28 bits per heavy atom. The van der Waals surface area contributed by atoms with E-state index in [9.17, 15) is 4.39 Å². The van der Waals surface area contributed by atoms with E-state index in [4.69, 9.17) is 10.4 Å². The van der Waals surface area contributed by atoms with Gasteiger partial charge >= 0.3 is 0 Å². The van der Waals surface area contributed by atoms with Crippen LogP contribution < -0.4 is 5.32 Å². The SMILES string of the molecule is CC(CO)CCCNCc1cccc(C#N)c1F. The molecule has 1 aromatic carbocycles. The second kappa shape index (κ2) is 7.80. The second-order valence-corrected chi connectivity index (χ2v) is 4.50. The van der Waals surface area contributed by atoms with Crippen molar-refractivity contribution in [2.45, 2.75) is 26.3 Å². The maximum absolute atomic E-state index is 13.7. The van der Waals surface area contributed by atoms with E-state index in [2.05, 4.69) is 5.32 Å². The number of halogens is 1. The van der Waals surface area contributed by atoms with E-state index in [1.54, 1.807) is 12.1 Å². The van der Waals surface area contributed by atoms with Gasteiger partial charge in [0.25, 0.3) is 0 Å². The van der Waals surface area contributed by atoms with Crippen molar-refractivity contribution in [2.75, 3.05) is 13.2 Å². The van der Waals surface area contributed by atoms with Gasteiger partial charge in [-0.3, -0.25) is 0 Å². The highest BCUT2D eigenvalue weighted by atomic mass is 19.1. The average molecular weight is 250 g/mol. The maximum atomic E-state index is 13.7. The van der Waals surface area contributed by atoms with Gasteiger partial charge in [0.05, 0.1) is 5.56 Å². The van der Waals surface area contributed by atoms with Crippen LogP contribution in [0.1, 0.15) is 30.9 Å². The van der Waals surface area contributed by atoms with Gasteiger partial charge in [0, 0.05) is 18.7 Å². The van der Waals surface area contributed by atoms with Gasteiger partial charge < -0.3 is 10.4 Å². The zero-order valence-electron chi connectivity index (χ0n) is 10.6. The molecule has 4 heteroatoms. The lowest BCUT2D eigenvalue weighted by molar-refractivity contribution is 0.228. The van der Waals surface area contributed by atoms with Crippen LogP contribution in [0.2, 0.25) is 0 Å². The minimum atomic E-state index is -0.434. The third-order valence-corrected chi connectivity index (χ3v) is 2.88. The van der Waals surface area contributed by atoms with Crippen LogP contribution in [0.15, 0.2) is 18.2 Å². The van der Waals surface area contributed by atoms with Gasteiger partial charge in [0.2, 0.25) is 0 Å². The fourth-order valence-corrected chi connectivity index (χ4v) is 1.69. The van der Waals surface area contributed by atoms with Crippen molar-refractivity contribution in [3.8, 4) is 6.07 Å². The van der Waals surface area contributed by atoms with Gasteiger partial charge in [0.15, 0.2) is 0 Å². The van der Waals surface area contributed by atoms with Crippen molar-refractivity contribution in [1.82, 2.24) is 5.32 Å². The van der Waals surface area contributed by atoms with Crippen molar-refractivity contribution >= 4 is 0 Å². The fourth-order valence-electron chi connectivity index (χ4n) is 1.69. The number of hydrogen-bond donors (Lipinski definition) is 2. The Bertz CT molecular complexity index is 415. The molecule has 0 saturated carbocycles. The standard InChI is InChI=1S/C14H19FN2O/c1-11(10-18)4-3-7-17-9-13-6-2-5-12(8-16)14(13)15/h2,5-6,11,17-18H,3-4,7,9-10H2,1H3. The predicted octanol–water partition coefficient (Wildman–Crippen LogP) is 2.20. The van der Waals surface area contributed by atoms with Gasteiger partial charge in [-0.2, -0.15) is 5.26 Å². The number of nitrogens with one attached hydrogen (secondary N) is 1. The van der Waals surface area contributed by atoms with Crippen molar-refractivity contribution in [2.24, 2.45) is 5.92 Å². The van der Waals surface area contributed by atoms with Crippen LogP contribution in [0.25, 0.3) is 0 Å². The predicted molar refractivity (Wildman–Crippen MR) is 68.3 cm³/mol. The van der Waals surface area contributed by atoms with Crippen LogP contribution >= 0.6 is 0 Å². The van der Waals surface area contributed by atoms with Crippen molar-refractivity contribution in [3.05, 3.63) is 35.1 Å². The zero-order valence-corrected chi connectivity index (χ0v) is 10.6. The molecule has 1 aromatic rings. The average Bonchev–Trinajstić information content (AvgIpc) is 2.39. The Balaban J connectivity index is 2.34. The Kier molecular flexibility index (Phi) is 6.34. The third-order valence-electron chi connectivity index (χ3n) is 2.88. The van der Waals surface area contributed by atoms with Crippen molar-refractivity contribution in [3.63, 3.8) is 0 Å². The topological polar surface area (TPSA) is 56.0 Å².